The molecule has 2 nitrogen and oxygen atoms in total. The highest BCUT2D eigenvalue weighted by atomic mass is 32.2. The normalized spacial score (nSPS) is 18.8. The van der Waals surface area contributed by atoms with Gasteiger partial charge in [-0.1, -0.05) is 37.5 Å². The molecule has 0 heterocycles. The molecule has 0 N–H and O–H groups in total. The summed E-state index contributed by atoms with van der Waals surface area (Å²) in [5, 5.41) is 10.9. The molecule has 92 valence electrons. The summed E-state index contributed by atoms with van der Waals surface area (Å²) in [6.45, 7) is 0. The minimum Gasteiger partial charge on any atom is -0.549 e. The van der Waals surface area contributed by atoms with Gasteiger partial charge in [0.2, 0.25) is 0 Å². The highest BCUT2D eigenvalue weighted by Crippen LogP contribution is 2.35. The molecule has 1 unspecified atom stereocenters. The van der Waals surface area contributed by atoms with E-state index in [4.69, 9.17) is 0 Å². The Morgan fingerprint density at radius 3 is 2.41 bits per heavy atom. The van der Waals surface area contributed by atoms with Crippen LogP contribution in [0.15, 0.2) is 35.2 Å². The van der Waals surface area contributed by atoms with Gasteiger partial charge >= 0.3 is 0 Å². The van der Waals surface area contributed by atoms with Crippen molar-refractivity contribution in [2.45, 2.75) is 42.2 Å². The average molecular weight is 249 g/mol. The molecule has 1 atom stereocenters. The van der Waals surface area contributed by atoms with Gasteiger partial charge in [0, 0.05) is 4.90 Å². The second-order valence-electron chi connectivity index (χ2n) is 4.57. The number of carbonyl (C=O) groups excluding carboxylic acids is 1. The maximum atomic E-state index is 11.3. The zero-order valence-electron chi connectivity index (χ0n) is 9.80. The fourth-order valence-corrected chi connectivity index (χ4v) is 3.59. The minimum atomic E-state index is -0.911. The predicted molar refractivity (Wildman–Crippen MR) is 67.7 cm³/mol. The van der Waals surface area contributed by atoms with Crippen LogP contribution < -0.4 is 5.11 Å². The van der Waals surface area contributed by atoms with Gasteiger partial charge in [-0.05, 0) is 30.9 Å². The van der Waals surface area contributed by atoms with E-state index in [0.29, 0.717) is 0 Å². The van der Waals surface area contributed by atoms with Gasteiger partial charge in [-0.3, -0.25) is 0 Å². The van der Waals surface area contributed by atoms with E-state index in [1.165, 1.54) is 18.2 Å². The molecule has 3 heteroatoms. The monoisotopic (exact) mass is 249 g/mol. The second kappa shape index (κ2) is 6.10. The molecule has 0 bridgehead atoms. The largest absolute Gasteiger partial charge is 0.549 e. The summed E-state index contributed by atoms with van der Waals surface area (Å²) in [6.07, 6.45) is 5.61. The predicted octanol–water partition coefficient (Wildman–Crippen LogP) is 2.48. The van der Waals surface area contributed by atoms with Crippen molar-refractivity contribution in [1.82, 2.24) is 0 Å². The van der Waals surface area contributed by atoms with E-state index in [0.717, 1.165) is 30.6 Å². The van der Waals surface area contributed by atoms with Crippen LogP contribution in [0.4, 0.5) is 0 Å². The zero-order valence-corrected chi connectivity index (χ0v) is 10.6. The quantitative estimate of drug-likeness (QED) is 0.770. The fourth-order valence-electron chi connectivity index (χ4n) is 2.42. The third-order valence-electron chi connectivity index (χ3n) is 3.32. The number of carboxylic acids is 1. The number of hydrogen-bond donors (Lipinski definition) is 0. The van der Waals surface area contributed by atoms with E-state index in [1.807, 2.05) is 30.3 Å². The lowest BCUT2D eigenvalue weighted by Gasteiger charge is -2.30. The highest BCUT2D eigenvalue weighted by Gasteiger charge is 2.25. The molecule has 1 aliphatic carbocycles. The van der Waals surface area contributed by atoms with Crippen molar-refractivity contribution in [2.75, 3.05) is 0 Å². The van der Waals surface area contributed by atoms with Crippen LogP contribution in [0.5, 0.6) is 0 Å². The Hall–Kier alpha value is -0.960. The molecule has 1 aromatic rings. The summed E-state index contributed by atoms with van der Waals surface area (Å²) in [5.74, 6) is -0.635. The van der Waals surface area contributed by atoms with Crippen molar-refractivity contribution in [3.8, 4) is 0 Å². The van der Waals surface area contributed by atoms with Crippen molar-refractivity contribution in [3.63, 3.8) is 0 Å². The number of benzene rings is 1. The topological polar surface area (TPSA) is 40.1 Å². The maximum Gasteiger partial charge on any atom is 0.0551 e. The summed E-state index contributed by atoms with van der Waals surface area (Å²) in [5.41, 5.74) is 0. The molecule has 1 aromatic carbocycles. The van der Waals surface area contributed by atoms with E-state index >= 15 is 0 Å². The summed E-state index contributed by atoms with van der Waals surface area (Å²) < 4.78 is 0. The van der Waals surface area contributed by atoms with Gasteiger partial charge in [0.05, 0.1) is 11.2 Å². The number of carbonyl (C=O) groups is 1. The first-order chi connectivity index (χ1) is 8.27. The molecule has 1 fully saturated rings. The van der Waals surface area contributed by atoms with E-state index in [2.05, 4.69) is 0 Å². The van der Waals surface area contributed by atoms with Crippen molar-refractivity contribution in [2.24, 2.45) is 5.92 Å². The standard InChI is InChI=1S/C14H18O2S/c15-14(16)13(11-7-3-1-4-8-11)17-12-9-5-2-6-10-12/h2,5-6,9-11,13H,1,3-4,7-8H2,(H,15,16)/p-1. The highest BCUT2D eigenvalue weighted by molar-refractivity contribution is 8.00. The van der Waals surface area contributed by atoms with Gasteiger partial charge in [0.15, 0.2) is 0 Å². The van der Waals surface area contributed by atoms with Crippen molar-refractivity contribution in [1.29, 1.82) is 0 Å². The molecule has 0 aliphatic heterocycles. The number of thioether (sulfide) groups is 1. The molecule has 2 rings (SSSR count). The van der Waals surface area contributed by atoms with Gasteiger partial charge in [-0.15, -0.1) is 11.8 Å². The Morgan fingerprint density at radius 2 is 1.82 bits per heavy atom. The minimum absolute atomic E-state index is 0.277. The van der Waals surface area contributed by atoms with Crippen LogP contribution >= 0.6 is 11.8 Å². The molecular weight excluding hydrogens is 232 g/mol. The number of aliphatic carboxylic acids is 1. The summed E-state index contributed by atoms with van der Waals surface area (Å²) in [7, 11) is 0. The smallest absolute Gasteiger partial charge is 0.0551 e. The van der Waals surface area contributed by atoms with Crippen LogP contribution in [0.1, 0.15) is 32.1 Å². The van der Waals surface area contributed by atoms with Gasteiger partial charge in [0.1, 0.15) is 0 Å². The third kappa shape index (κ3) is 3.50. The summed E-state index contributed by atoms with van der Waals surface area (Å²) in [4.78, 5) is 12.3. The molecule has 0 saturated heterocycles. The SMILES string of the molecule is O=C([O-])C(Sc1ccccc1)C1CCCCC1. The fraction of sp³-hybridized carbons (Fsp3) is 0.500. The Labute approximate surface area is 106 Å². The third-order valence-corrected chi connectivity index (χ3v) is 4.69. The van der Waals surface area contributed by atoms with Crippen molar-refractivity contribution in [3.05, 3.63) is 30.3 Å². The Morgan fingerprint density at radius 1 is 1.18 bits per heavy atom. The molecule has 0 spiro atoms. The van der Waals surface area contributed by atoms with E-state index < -0.39 is 11.2 Å². The Balaban J connectivity index is 2.04. The maximum absolute atomic E-state index is 11.3. The first-order valence-corrected chi connectivity index (χ1v) is 7.08. The summed E-state index contributed by atoms with van der Waals surface area (Å²) >= 11 is 1.44. The van der Waals surface area contributed by atoms with Gasteiger partial charge in [0.25, 0.3) is 0 Å². The lowest BCUT2D eigenvalue weighted by molar-refractivity contribution is -0.306. The molecular formula is C14H17O2S-. The van der Waals surface area contributed by atoms with Crippen LogP contribution in [0.2, 0.25) is 0 Å². The van der Waals surface area contributed by atoms with Gasteiger partial charge in [-0.2, -0.15) is 0 Å². The Bertz CT molecular complexity index is 358. The number of rotatable bonds is 4. The van der Waals surface area contributed by atoms with Crippen LogP contribution in [0, 0.1) is 5.92 Å². The zero-order chi connectivity index (χ0) is 12.1. The number of carboxylic acid groups (broad SMARTS) is 1. The van der Waals surface area contributed by atoms with Crippen LogP contribution in [-0.2, 0) is 4.79 Å². The Kier molecular flexibility index (Phi) is 4.49. The van der Waals surface area contributed by atoms with Crippen molar-refractivity contribution >= 4 is 17.7 Å². The van der Waals surface area contributed by atoms with Gasteiger partial charge < -0.3 is 9.90 Å². The van der Waals surface area contributed by atoms with Gasteiger partial charge in [-0.25, -0.2) is 0 Å². The van der Waals surface area contributed by atoms with Crippen LogP contribution in [0.3, 0.4) is 0 Å². The average Bonchev–Trinajstić information content (AvgIpc) is 2.38. The van der Waals surface area contributed by atoms with E-state index in [1.54, 1.807) is 0 Å². The molecule has 0 radical (unpaired) electrons. The molecule has 0 amide bonds. The second-order valence-corrected chi connectivity index (χ2v) is 5.78. The lowest BCUT2D eigenvalue weighted by atomic mass is 9.87. The lowest BCUT2D eigenvalue weighted by Crippen LogP contribution is -2.39. The molecule has 1 saturated carbocycles. The van der Waals surface area contributed by atoms with E-state index in [9.17, 15) is 9.90 Å². The van der Waals surface area contributed by atoms with Crippen molar-refractivity contribution < 1.29 is 9.90 Å². The summed E-state index contributed by atoms with van der Waals surface area (Å²) in [6, 6.07) is 9.75. The molecule has 17 heavy (non-hydrogen) atoms. The van der Waals surface area contributed by atoms with E-state index in [-0.39, 0.29) is 5.92 Å². The first-order valence-electron chi connectivity index (χ1n) is 6.20. The number of hydrogen-bond acceptors (Lipinski definition) is 3. The first kappa shape index (κ1) is 12.5. The molecule has 1 aliphatic rings. The van der Waals surface area contributed by atoms with Crippen LogP contribution in [-0.4, -0.2) is 11.2 Å². The van der Waals surface area contributed by atoms with Crippen LogP contribution in [0.25, 0.3) is 0 Å². The molecule has 0 aromatic heterocycles.